The Morgan fingerprint density at radius 3 is 1.44 bits per heavy atom. The van der Waals surface area contributed by atoms with Gasteiger partial charge >= 0.3 is 0 Å². The van der Waals surface area contributed by atoms with Gasteiger partial charge in [-0.15, -0.1) is 0 Å². The summed E-state index contributed by atoms with van der Waals surface area (Å²) >= 11 is 0. The van der Waals surface area contributed by atoms with E-state index in [0.717, 1.165) is 60.9 Å². The minimum Gasteiger partial charge on any atom is -0.309 e. The van der Waals surface area contributed by atoms with Crippen LogP contribution in [0, 0.1) is 6.57 Å². The zero-order valence-electron chi connectivity index (χ0n) is 28.0. The Morgan fingerprint density at radius 2 is 0.865 bits per heavy atom. The van der Waals surface area contributed by atoms with Crippen LogP contribution in [0.1, 0.15) is 0 Å². The maximum absolute atomic E-state index is 8.32. The monoisotopic (exact) mass is 663 g/mol. The van der Waals surface area contributed by atoms with Gasteiger partial charge in [0.2, 0.25) is 5.69 Å². The van der Waals surface area contributed by atoms with Crippen molar-refractivity contribution in [1.82, 2.24) is 19.1 Å². The fourth-order valence-electron chi connectivity index (χ4n) is 7.78. The second-order valence-corrected chi connectivity index (χ2v) is 12.8. The van der Waals surface area contributed by atoms with Gasteiger partial charge in [0.25, 0.3) is 0 Å². The minimum atomic E-state index is 0.438. The molecular weight excluding hydrogens is 635 g/mol. The first-order chi connectivity index (χ1) is 25.8. The molecule has 0 atom stereocenters. The first kappa shape index (κ1) is 29.6. The molecule has 0 amide bonds. The lowest BCUT2D eigenvalue weighted by Gasteiger charge is -2.13. The van der Waals surface area contributed by atoms with Crippen LogP contribution in [0.4, 0.5) is 5.69 Å². The highest BCUT2D eigenvalue weighted by molar-refractivity contribution is 6.31. The molecule has 0 unspecified atom stereocenters. The van der Waals surface area contributed by atoms with Crippen LogP contribution in [0.3, 0.4) is 0 Å². The molecule has 3 aromatic heterocycles. The Balaban J connectivity index is 1.40. The number of hydrogen-bond donors (Lipinski definition) is 0. The molecule has 7 aromatic carbocycles. The van der Waals surface area contributed by atoms with E-state index in [9.17, 15) is 0 Å². The topological polar surface area (TPSA) is 40.0 Å². The number of aromatic nitrogens is 4. The van der Waals surface area contributed by atoms with Gasteiger partial charge in [-0.3, -0.25) is 0 Å². The van der Waals surface area contributed by atoms with E-state index < -0.39 is 0 Å². The van der Waals surface area contributed by atoms with Crippen molar-refractivity contribution in [3.05, 3.63) is 187 Å². The van der Waals surface area contributed by atoms with E-state index in [0.29, 0.717) is 22.9 Å². The fraction of sp³-hybridized carbons (Fsp3) is 0. The van der Waals surface area contributed by atoms with Crippen LogP contribution in [0.15, 0.2) is 176 Å². The average Bonchev–Trinajstić information content (AvgIpc) is 3.74. The minimum absolute atomic E-state index is 0.438. The van der Waals surface area contributed by atoms with Gasteiger partial charge in [-0.1, -0.05) is 127 Å². The molecule has 0 bridgehead atoms. The zero-order chi connectivity index (χ0) is 34.6. The van der Waals surface area contributed by atoms with Gasteiger partial charge in [-0.25, -0.2) is 14.8 Å². The third-order valence-electron chi connectivity index (χ3n) is 9.95. The number of hydrogen-bond acceptors (Lipinski definition) is 2. The smallest absolute Gasteiger partial charge is 0.238 e. The standard InChI is InChI=1S/C47H29N5/c1-48-46-44(31-17-6-2-7-18-31)49-47(50-45(46)32-19-8-3-9-20-32)36-26-16-28-38-42(36)43-40(52(38)34-23-12-5-13-24-34)30-29-39-41(43)35-25-14-15-27-37(35)51(39)33-21-10-4-11-22-33/h2-30H. The third kappa shape index (κ3) is 4.49. The van der Waals surface area contributed by atoms with E-state index in [1.165, 1.54) is 10.8 Å². The van der Waals surface area contributed by atoms with E-state index in [-0.39, 0.29) is 0 Å². The molecule has 0 fully saturated rings. The summed E-state index contributed by atoms with van der Waals surface area (Å²) in [5.74, 6) is 0.576. The maximum atomic E-state index is 8.32. The van der Waals surface area contributed by atoms with Crippen LogP contribution in [0.5, 0.6) is 0 Å². The summed E-state index contributed by atoms with van der Waals surface area (Å²) in [4.78, 5) is 14.6. The number of nitrogens with zero attached hydrogens (tertiary/aromatic N) is 5. The van der Waals surface area contributed by atoms with E-state index in [1.807, 2.05) is 60.7 Å². The van der Waals surface area contributed by atoms with Crippen molar-refractivity contribution in [3.63, 3.8) is 0 Å². The van der Waals surface area contributed by atoms with Gasteiger partial charge in [-0.05, 0) is 59.7 Å². The van der Waals surface area contributed by atoms with E-state index in [1.54, 1.807) is 0 Å². The van der Waals surface area contributed by atoms with Gasteiger partial charge in [0.05, 0.1) is 40.0 Å². The van der Waals surface area contributed by atoms with Gasteiger partial charge in [0.15, 0.2) is 5.82 Å². The number of rotatable bonds is 5. The molecule has 0 aliphatic carbocycles. The number of para-hydroxylation sites is 3. The highest BCUT2D eigenvalue weighted by atomic mass is 15.0. The number of benzene rings is 7. The van der Waals surface area contributed by atoms with Crippen molar-refractivity contribution in [3.8, 4) is 45.3 Å². The Morgan fingerprint density at radius 1 is 0.404 bits per heavy atom. The second-order valence-electron chi connectivity index (χ2n) is 12.8. The van der Waals surface area contributed by atoms with Gasteiger partial charge < -0.3 is 9.13 Å². The lowest BCUT2D eigenvalue weighted by molar-refractivity contribution is 1.17. The van der Waals surface area contributed by atoms with Crippen LogP contribution in [-0.2, 0) is 0 Å². The van der Waals surface area contributed by atoms with E-state index in [4.69, 9.17) is 16.5 Å². The molecule has 10 rings (SSSR count). The lowest BCUT2D eigenvalue weighted by atomic mass is 10.00. The Hall–Kier alpha value is -7.29. The van der Waals surface area contributed by atoms with Crippen LogP contribution in [0.2, 0.25) is 0 Å². The summed E-state index contributed by atoms with van der Waals surface area (Å²) < 4.78 is 4.71. The molecule has 0 N–H and O–H groups in total. The summed E-state index contributed by atoms with van der Waals surface area (Å²) in [5.41, 5.74) is 10.9. The molecule has 0 radical (unpaired) electrons. The first-order valence-electron chi connectivity index (χ1n) is 17.3. The summed E-state index contributed by atoms with van der Waals surface area (Å²) in [7, 11) is 0. The van der Waals surface area contributed by atoms with Crippen LogP contribution >= 0.6 is 0 Å². The van der Waals surface area contributed by atoms with Crippen molar-refractivity contribution in [1.29, 1.82) is 0 Å². The van der Waals surface area contributed by atoms with Gasteiger partial charge in [0.1, 0.15) is 0 Å². The van der Waals surface area contributed by atoms with E-state index in [2.05, 4.69) is 129 Å². The van der Waals surface area contributed by atoms with Gasteiger partial charge in [0, 0.05) is 38.5 Å². The summed E-state index contributed by atoms with van der Waals surface area (Å²) in [6.45, 7) is 8.32. The van der Waals surface area contributed by atoms with Crippen molar-refractivity contribution in [2.75, 3.05) is 0 Å². The molecule has 0 saturated heterocycles. The SMILES string of the molecule is [C-]#[N+]c1c(-c2ccccc2)nc(-c2cccc3c2c2c4c5ccccc5n(-c5ccccc5)c4ccc2n3-c2ccccc2)nc1-c1ccccc1. The molecule has 52 heavy (non-hydrogen) atoms. The van der Waals surface area contributed by atoms with Crippen molar-refractivity contribution < 1.29 is 0 Å². The van der Waals surface area contributed by atoms with E-state index >= 15 is 0 Å². The lowest BCUT2D eigenvalue weighted by Crippen LogP contribution is -1.98. The number of fused-ring (bicyclic) bond motifs is 7. The summed E-state index contributed by atoms with van der Waals surface area (Å²) in [5, 5.41) is 4.55. The molecule has 0 saturated carbocycles. The first-order valence-corrected chi connectivity index (χ1v) is 17.3. The van der Waals surface area contributed by atoms with Crippen molar-refractivity contribution in [2.24, 2.45) is 0 Å². The maximum Gasteiger partial charge on any atom is 0.238 e. The quantitative estimate of drug-likeness (QED) is 0.172. The normalized spacial score (nSPS) is 11.4. The largest absolute Gasteiger partial charge is 0.309 e. The molecule has 0 aliphatic rings. The molecule has 0 spiro atoms. The molecule has 0 aliphatic heterocycles. The van der Waals surface area contributed by atoms with Crippen molar-refractivity contribution in [2.45, 2.75) is 0 Å². The average molecular weight is 664 g/mol. The Bertz CT molecular complexity index is 2930. The molecule has 5 nitrogen and oxygen atoms in total. The third-order valence-corrected chi connectivity index (χ3v) is 9.95. The highest BCUT2D eigenvalue weighted by Crippen LogP contribution is 2.46. The molecule has 10 aromatic rings. The zero-order valence-corrected chi connectivity index (χ0v) is 28.0. The van der Waals surface area contributed by atoms with Crippen molar-refractivity contribution >= 4 is 49.3 Å². The summed E-state index contributed by atoms with van der Waals surface area (Å²) in [6.07, 6.45) is 0. The fourth-order valence-corrected chi connectivity index (χ4v) is 7.78. The Labute approximate surface area is 300 Å². The van der Waals surface area contributed by atoms with Gasteiger partial charge in [-0.2, -0.15) is 0 Å². The molecule has 5 heteroatoms. The Kier molecular flexibility index (Phi) is 6.80. The molecule has 3 heterocycles. The highest BCUT2D eigenvalue weighted by Gasteiger charge is 2.25. The second kappa shape index (κ2) is 11.9. The predicted octanol–water partition coefficient (Wildman–Crippen LogP) is 12.2. The summed E-state index contributed by atoms with van der Waals surface area (Å²) in [6, 6.07) is 60.7. The van der Waals surface area contributed by atoms with Crippen LogP contribution in [-0.4, -0.2) is 19.1 Å². The van der Waals surface area contributed by atoms with Crippen LogP contribution < -0.4 is 0 Å². The molecular formula is C47H29N5. The predicted molar refractivity (Wildman–Crippen MR) is 213 cm³/mol. The molecule has 242 valence electrons. The van der Waals surface area contributed by atoms with Crippen LogP contribution in [0.25, 0.3) is 93.7 Å².